The highest BCUT2D eigenvalue weighted by molar-refractivity contribution is 5.86. The number of hydrogen-bond donors (Lipinski definition) is 2. The minimum atomic E-state index is -0.231. The van der Waals surface area contributed by atoms with Gasteiger partial charge in [0.2, 0.25) is 5.91 Å². The lowest BCUT2D eigenvalue weighted by Crippen LogP contribution is -2.21. The number of aromatic hydroxyl groups is 1. The van der Waals surface area contributed by atoms with E-state index in [1.54, 1.807) is 31.4 Å². The first-order chi connectivity index (χ1) is 12.6. The molecule has 0 saturated heterocycles. The van der Waals surface area contributed by atoms with Crippen LogP contribution in [-0.2, 0) is 11.2 Å². The van der Waals surface area contributed by atoms with Crippen molar-refractivity contribution in [3.8, 4) is 11.5 Å². The van der Waals surface area contributed by atoms with Crippen molar-refractivity contribution in [2.75, 3.05) is 25.1 Å². The zero-order valence-corrected chi connectivity index (χ0v) is 15.4. The molecule has 0 aromatic heterocycles. The van der Waals surface area contributed by atoms with Gasteiger partial charge in [0.1, 0.15) is 11.5 Å². The average Bonchev–Trinajstić information content (AvgIpc) is 2.65. The molecule has 0 heterocycles. The number of hydrogen-bond acceptors (Lipinski definition) is 5. The lowest BCUT2D eigenvalue weighted by atomic mass is 10.1. The van der Waals surface area contributed by atoms with Gasteiger partial charge >= 0.3 is 0 Å². The fourth-order valence-corrected chi connectivity index (χ4v) is 2.57. The Morgan fingerprint density at radius 1 is 1.19 bits per heavy atom. The number of carbonyl (C=O) groups is 1. The van der Waals surface area contributed by atoms with Crippen LogP contribution in [-0.4, -0.2) is 37.4 Å². The largest absolute Gasteiger partial charge is 0.507 e. The van der Waals surface area contributed by atoms with Gasteiger partial charge in [-0.1, -0.05) is 12.1 Å². The van der Waals surface area contributed by atoms with E-state index in [1.807, 2.05) is 18.2 Å². The molecule has 0 unspecified atom stereocenters. The quantitative estimate of drug-likeness (QED) is 0.564. The van der Waals surface area contributed by atoms with E-state index in [2.05, 4.69) is 29.3 Å². The molecular formula is C20H25N3O3. The summed E-state index contributed by atoms with van der Waals surface area (Å²) in [5, 5.41) is 14.1. The average molecular weight is 355 g/mol. The van der Waals surface area contributed by atoms with E-state index >= 15 is 0 Å². The summed E-state index contributed by atoms with van der Waals surface area (Å²) in [4.78, 5) is 14.1. The van der Waals surface area contributed by atoms with Crippen LogP contribution in [0.1, 0.15) is 25.0 Å². The molecule has 0 aliphatic heterocycles. The SMILES string of the molecule is CCN(CC)c1ccc(/C=N\NC(=O)Cc2ccc(OC)cc2)c(O)c1. The van der Waals surface area contributed by atoms with Crippen molar-refractivity contribution in [3.05, 3.63) is 53.6 Å². The second-order valence-corrected chi connectivity index (χ2v) is 5.73. The van der Waals surface area contributed by atoms with Crippen LogP contribution >= 0.6 is 0 Å². The predicted octanol–water partition coefficient (Wildman–Crippen LogP) is 2.94. The number of phenolic OH excluding ortho intramolecular Hbond substituents is 1. The molecule has 2 aromatic rings. The van der Waals surface area contributed by atoms with Crippen LogP contribution in [0.15, 0.2) is 47.6 Å². The number of benzene rings is 2. The van der Waals surface area contributed by atoms with E-state index in [1.165, 1.54) is 6.21 Å². The summed E-state index contributed by atoms with van der Waals surface area (Å²) < 4.78 is 5.09. The second kappa shape index (κ2) is 9.46. The number of amides is 1. The minimum absolute atomic E-state index is 0.127. The van der Waals surface area contributed by atoms with Gasteiger partial charge in [0.25, 0.3) is 0 Å². The first-order valence-corrected chi connectivity index (χ1v) is 8.60. The first kappa shape index (κ1) is 19.3. The lowest BCUT2D eigenvalue weighted by Gasteiger charge is -2.21. The standard InChI is InChI=1S/C20H25N3O3/c1-4-23(5-2)17-9-8-16(19(24)13-17)14-21-22-20(25)12-15-6-10-18(26-3)11-7-15/h6-11,13-14,24H,4-5,12H2,1-3H3,(H,22,25)/b21-14-. The summed E-state index contributed by atoms with van der Waals surface area (Å²) >= 11 is 0. The Morgan fingerprint density at radius 3 is 2.46 bits per heavy atom. The number of methoxy groups -OCH3 is 1. The van der Waals surface area contributed by atoms with Crippen LogP contribution in [0.2, 0.25) is 0 Å². The number of rotatable bonds is 8. The molecule has 0 saturated carbocycles. The van der Waals surface area contributed by atoms with Gasteiger partial charge in [-0.3, -0.25) is 4.79 Å². The molecule has 2 rings (SSSR count). The van der Waals surface area contributed by atoms with Crippen molar-refractivity contribution in [2.24, 2.45) is 5.10 Å². The monoisotopic (exact) mass is 355 g/mol. The van der Waals surface area contributed by atoms with Crippen molar-refractivity contribution in [1.82, 2.24) is 5.43 Å². The Kier molecular flexibility index (Phi) is 7.02. The number of ether oxygens (including phenoxy) is 1. The summed E-state index contributed by atoms with van der Waals surface area (Å²) in [6, 6.07) is 12.7. The van der Waals surface area contributed by atoms with E-state index in [9.17, 15) is 9.90 Å². The Hall–Kier alpha value is -3.02. The molecule has 0 bridgehead atoms. The van der Waals surface area contributed by atoms with E-state index in [0.29, 0.717) is 5.56 Å². The third-order valence-corrected chi connectivity index (χ3v) is 4.06. The molecule has 2 N–H and O–H groups in total. The zero-order chi connectivity index (χ0) is 18.9. The van der Waals surface area contributed by atoms with Crippen LogP contribution in [0, 0.1) is 0 Å². The number of nitrogens with one attached hydrogen (secondary N) is 1. The lowest BCUT2D eigenvalue weighted by molar-refractivity contribution is -0.120. The highest BCUT2D eigenvalue weighted by Crippen LogP contribution is 2.23. The van der Waals surface area contributed by atoms with Gasteiger partial charge in [0, 0.05) is 30.4 Å². The summed E-state index contributed by atoms with van der Waals surface area (Å²) in [6.07, 6.45) is 1.65. The Labute approximate surface area is 154 Å². The molecule has 0 radical (unpaired) electrons. The molecule has 138 valence electrons. The van der Waals surface area contributed by atoms with E-state index in [0.717, 1.165) is 30.1 Å². The van der Waals surface area contributed by atoms with Crippen molar-refractivity contribution < 1.29 is 14.6 Å². The Morgan fingerprint density at radius 2 is 1.88 bits per heavy atom. The fourth-order valence-electron chi connectivity index (χ4n) is 2.57. The van der Waals surface area contributed by atoms with Gasteiger partial charge in [-0.2, -0.15) is 5.10 Å². The van der Waals surface area contributed by atoms with Crippen LogP contribution in [0.5, 0.6) is 11.5 Å². The second-order valence-electron chi connectivity index (χ2n) is 5.73. The first-order valence-electron chi connectivity index (χ1n) is 8.60. The van der Waals surface area contributed by atoms with Crippen molar-refractivity contribution in [1.29, 1.82) is 0 Å². The van der Waals surface area contributed by atoms with Crippen molar-refractivity contribution >= 4 is 17.8 Å². The zero-order valence-electron chi connectivity index (χ0n) is 15.4. The molecule has 0 fully saturated rings. The molecule has 0 aliphatic carbocycles. The number of phenols is 1. The number of anilines is 1. The highest BCUT2D eigenvalue weighted by atomic mass is 16.5. The van der Waals surface area contributed by atoms with Crippen molar-refractivity contribution in [3.63, 3.8) is 0 Å². The topological polar surface area (TPSA) is 74.2 Å². The summed E-state index contributed by atoms with van der Waals surface area (Å²) in [7, 11) is 1.60. The number of nitrogens with zero attached hydrogens (tertiary/aromatic N) is 2. The van der Waals surface area contributed by atoms with E-state index in [-0.39, 0.29) is 18.1 Å². The fraction of sp³-hybridized carbons (Fsp3) is 0.300. The van der Waals surface area contributed by atoms with Gasteiger partial charge < -0.3 is 14.7 Å². The Bertz CT molecular complexity index is 753. The van der Waals surface area contributed by atoms with Gasteiger partial charge in [-0.25, -0.2) is 5.43 Å². The van der Waals surface area contributed by atoms with E-state index in [4.69, 9.17) is 4.74 Å². The van der Waals surface area contributed by atoms with Crippen molar-refractivity contribution in [2.45, 2.75) is 20.3 Å². The molecule has 0 aliphatic rings. The third kappa shape index (κ3) is 5.24. The maximum absolute atomic E-state index is 11.9. The van der Waals surface area contributed by atoms with Crippen LogP contribution < -0.4 is 15.1 Å². The number of carbonyl (C=O) groups excluding carboxylic acids is 1. The molecule has 1 amide bonds. The normalized spacial score (nSPS) is 10.7. The minimum Gasteiger partial charge on any atom is -0.507 e. The molecule has 26 heavy (non-hydrogen) atoms. The maximum atomic E-state index is 11.9. The van der Waals surface area contributed by atoms with Gasteiger partial charge in [0.15, 0.2) is 0 Å². The van der Waals surface area contributed by atoms with Crippen LogP contribution in [0.3, 0.4) is 0 Å². The summed E-state index contributed by atoms with van der Waals surface area (Å²) in [5.41, 5.74) is 4.84. The molecule has 0 atom stereocenters. The highest BCUT2D eigenvalue weighted by Gasteiger charge is 2.06. The molecule has 6 heteroatoms. The third-order valence-electron chi connectivity index (χ3n) is 4.06. The van der Waals surface area contributed by atoms with Crippen LogP contribution in [0.25, 0.3) is 0 Å². The predicted molar refractivity (Wildman–Crippen MR) is 104 cm³/mol. The molecule has 2 aromatic carbocycles. The summed E-state index contributed by atoms with van der Waals surface area (Å²) in [5.74, 6) is 0.643. The van der Waals surface area contributed by atoms with Gasteiger partial charge in [-0.05, 0) is 43.7 Å². The number of hydrazone groups is 1. The van der Waals surface area contributed by atoms with Crippen LogP contribution in [0.4, 0.5) is 5.69 Å². The summed E-state index contributed by atoms with van der Waals surface area (Å²) in [6.45, 7) is 5.86. The smallest absolute Gasteiger partial charge is 0.244 e. The maximum Gasteiger partial charge on any atom is 0.244 e. The molecule has 6 nitrogen and oxygen atoms in total. The van der Waals surface area contributed by atoms with Gasteiger partial charge in [0.05, 0.1) is 19.7 Å². The molecule has 0 spiro atoms. The van der Waals surface area contributed by atoms with E-state index < -0.39 is 0 Å². The Balaban J connectivity index is 1.93. The molecular weight excluding hydrogens is 330 g/mol. The van der Waals surface area contributed by atoms with Gasteiger partial charge in [-0.15, -0.1) is 0 Å².